The number of hydrogen-bond acceptors (Lipinski definition) is 5. The van der Waals surface area contributed by atoms with Crippen LogP contribution in [0.3, 0.4) is 0 Å². The molecular weight excluding hydrogens is 458 g/mol. The zero-order valence-corrected chi connectivity index (χ0v) is 20.1. The van der Waals surface area contributed by atoms with Crippen molar-refractivity contribution in [2.75, 3.05) is 18.0 Å². The summed E-state index contributed by atoms with van der Waals surface area (Å²) in [6, 6.07) is 29.2. The minimum absolute atomic E-state index is 0.114. The number of anilines is 2. The summed E-state index contributed by atoms with van der Waals surface area (Å²) in [5.41, 5.74) is 5.01. The molecule has 7 heteroatoms. The van der Waals surface area contributed by atoms with Gasteiger partial charge in [0, 0.05) is 30.5 Å². The van der Waals surface area contributed by atoms with E-state index in [4.69, 9.17) is 4.74 Å². The molecule has 4 aromatic rings. The van der Waals surface area contributed by atoms with Crippen molar-refractivity contribution in [3.8, 4) is 11.6 Å². The predicted octanol–water partition coefficient (Wildman–Crippen LogP) is 5.48. The minimum atomic E-state index is -3.67. The maximum Gasteiger partial charge on any atom is 0.242 e. The van der Waals surface area contributed by atoms with E-state index in [9.17, 15) is 8.42 Å². The summed E-state index contributed by atoms with van der Waals surface area (Å²) in [4.78, 5) is 6.58. The molecule has 1 aromatic heterocycles. The van der Waals surface area contributed by atoms with Crippen molar-refractivity contribution in [1.29, 1.82) is 0 Å². The molecule has 0 atom stereocenters. The lowest BCUT2D eigenvalue weighted by Gasteiger charge is -2.27. The van der Waals surface area contributed by atoms with E-state index in [2.05, 4.69) is 63.1 Å². The monoisotopic (exact) mass is 485 g/mol. The summed E-state index contributed by atoms with van der Waals surface area (Å²) < 4.78 is 34.0. The Balaban J connectivity index is 1.23. The largest absolute Gasteiger partial charge is 0.439 e. The van der Waals surface area contributed by atoms with Crippen LogP contribution in [0.25, 0.3) is 0 Å². The van der Waals surface area contributed by atoms with E-state index >= 15 is 0 Å². The number of aromatic nitrogens is 1. The SMILES string of the molecule is O=S(=O)(NCCCN1c2ccccc2CCc2ccccc21)c1ccc(Oc2ccccc2)nc1. The van der Waals surface area contributed by atoms with Crippen molar-refractivity contribution in [2.24, 2.45) is 0 Å². The Morgan fingerprint density at radius 2 is 1.43 bits per heavy atom. The first-order valence-electron chi connectivity index (χ1n) is 11.7. The van der Waals surface area contributed by atoms with Crippen LogP contribution < -0.4 is 14.4 Å². The normalized spacial score (nSPS) is 13.0. The summed E-state index contributed by atoms with van der Waals surface area (Å²) in [6.45, 7) is 1.03. The van der Waals surface area contributed by atoms with E-state index in [0.717, 1.165) is 12.8 Å². The third-order valence-electron chi connectivity index (χ3n) is 6.06. The molecule has 35 heavy (non-hydrogen) atoms. The zero-order valence-electron chi connectivity index (χ0n) is 19.3. The van der Waals surface area contributed by atoms with Crippen LogP contribution in [-0.4, -0.2) is 26.5 Å². The Kier molecular flexibility index (Phi) is 6.79. The molecule has 0 radical (unpaired) electrons. The van der Waals surface area contributed by atoms with E-state index in [1.807, 2.05) is 30.3 Å². The first kappa shape index (κ1) is 23.1. The van der Waals surface area contributed by atoms with Crippen molar-refractivity contribution in [3.05, 3.63) is 108 Å². The van der Waals surface area contributed by atoms with E-state index in [-0.39, 0.29) is 4.90 Å². The van der Waals surface area contributed by atoms with Gasteiger partial charge in [-0.15, -0.1) is 0 Å². The van der Waals surface area contributed by atoms with Crippen molar-refractivity contribution in [1.82, 2.24) is 9.71 Å². The predicted molar refractivity (Wildman–Crippen MR) is 138 cm³/mol. The molecule has 3 aromatic carbocycles. The fourth-order valence-corrected chi connectivity index (χ4v) is 5.35. The molecule has 2 heterocycles. The van der Waals surface area contributed by atoms with Crippen molar-refractivity contribution in [2.45, 2.75) is 24.2 Å². The van der Waals surface area contributed by atoms with Gasteiger partial charge in [0.2, 0.25) is 15.9 Å². The van der Waals surface area contributed by atoms with E-state index in [0.29, 0.717) is 31.1 Å². The third-order valence-corrected chi connectivity index (χ3v) is 7.51. The van der Waals surface area contributed by atoms with Crippen LogP contribution in [0.1, 0.15) is 17.5 Å². The fraction of sp³-hybridized carbons (Fsp3) is 0.179. The molecule has 0 fully saturated rings. The van der Waals surface area contributed by atoms with Gasteiger partial charge in [-0.1, -0.05) is 54.6 Å². The number of pyridine rings is 1. The maximum atomic E-state index is 12.8. The smallest absolute Gasteiger partial charge is 0.242 e. The van der Waals surface area contributed by atoms with Gasteiger partial charge in [0.1, 0.15) is 10.6 Å². The second kappa shape index (κ2) is 10.3. The molecule has 0 spiro atoms. The van der Waals surface area contributed by atoms with Gasteiger partial charge in [0.25, 0.3) is 0 Å². The van der Waals surface area contributed by atoms with Gasteiger partial charge in [0.15, 0.2) is 0 Å². The van der Waals surface area contributed by atoms with Gasteiger partial charge in [-0.05, 0) is 60.7 Å². The lowest BCUT2D eigenvalue weighted by atomic mass is 10.0. The summed E-state index contributed by atoms with van der Waals surface area (Å²) in [7, 11) is -3.67. The Morgan fingerprint density at radius 3 is 2.06 bits per heavy atom. The quantitative estimate of drug-likeness (QED) is 0.335. The summed E-state index contributed by atoms with van der Waals surface area (Å²) in [5, 5.41) is 0. The number of benzene rings is 3. The molecule has 1 aliphatic rings. The minimum Gasteiger partial charge on any atom is -0.439 e. The molecule has 0 bridgehead atoms. The topological polar surface area (TPSA) is 71.5 Å². The van der Waals surface area contributed by atoms with E-state index in [1.165, 1.54) is 34.8 Å². The number of para-hydroxylation sites is 3. The third kappa shape index (κ3) is 5.37. The van der Waals surface area contributed by atoms with Crippen LogP contribution in [0, 0.1) is 0 Å². The molecule has 0 aliphatic carbocycles. The van der Waals surface area contributed by atoms with Crippen LogP contribution in [0.4, 0.5) is 11.4 Å². The Labute approximate surface area is 206 Å². The summed E-state index contributed by atoms with van der Waals surface area (Å²) in [5.74, 6) is 0.985. The van der Waals surface area contributed by atoms with Gasteiger partial charge in [-0.3, -0.25) is 0 Å². The van der Waals surface area contributed by atoms with Gasteiger partial charge < -0.3 is 9.64 Å². The number of nitrogens with zero attached hydrogens (tertiary/aromatic N) is 2. The fourth-order valence-electron chi connectivity index (χ4n) is 4.33. The first-order chi connectivity index (χ1) is 17.1. The van der Waals surface area contributed by atoms with E-state index in [1.54, 1.807) is 6.07 Å². The zero-order chi connectivity index (χ0) is 24.1. The summed E-state index contributed by atoms with van der Waals surface area (Å²) in [6.07, 6.45) is 3.97. The first-order valence-corrected chi connectivity index (χ1v) is 13.2. The highest BCUT2D eigenvalue weighted by molar-refractivity contribution is 7.89. The average Bonchev–Trinajstić information content (AvgIpc) is 3.05. The molecule has 0 saturated heterocycles. The number of hydrogen-bond donors (Lipinski definition) is 1. The van der Waals surface area contributed by atoms with Crippen molar-refractivity contribution in [3.63, 3.8) is 0 Å². The standard InChI is InChI=1S/C28H27N3O3S/c32-35(33,25-17-18-28(29-21-25)34-24-11-2-1-3-12-24)30-19-8-20-31-26-13-6-4-9-22(26)15-16-23-10-5-7-14-27(23)31/h1-7,9-14,17-18,21,30H,8,15-16,19-20H2. The van der Waals surface area contributed by atoms with Gasteiger partial charge in [-0.2, -0.15) is 0 Å². The highest BCUT2D eigenvalue weighted by Crippen LogP contribution is 2.35. The molecule has 6 nitrogen and oxygen atoms in total. The van der Waals surface area contributed by atoms with Crippen LogP contribution in [0.15, 0.2) is 102 Å². The number of rotatable bonds is 8. The second-order valence-electron chi connectivity index (χ2n) is 8.41. The number of fused-ring (bicyclic) bond motifs is 2. The van der Waals surface area contributed by atoms with Gasteiger partial charge >= 0.3 is 0 Å². The van der Waals surface area contributed by atoms with E-state index < -0.39 is 10.0 Å². The van der Waals surface area contributed by atoms with Crippen LogP contribution in [-0.2, 0) is 22.9 Å². The molecule has 178 valence electrons. The van der Waals surface area contributed by atoms with Crippen molar-refractivity contribution >= 4 is 21.4 Å². The molecule has 5 rings (SSSR count). The van der Waals surface area contributed by atoms with Gasteiger partial charge in [-0.25, -0.2) is 18.1 Å². The maximum absolute atomic E-state index is 12.8. The molecule has 1 N–H and O–H groups in total. The second-order valence-corrected chi connectivity index (χ2v) is 10.2. The lowest BCUT2D eigenvalue weighted by molar-refractivity contribution is 0.462. The van der Waals surface area contributed by atoms with Crippen molar-refractivity contribution < 1.29 is 13.2 Å². The Morgan fingerprint density at radius 1 is 0.800 bits per heavy atom. The highest BCUT2D eigenvalue weighted by Gasteiger charge is 2.20. The van der Waals surface area contributed by atoms with Crippen LogP contribution in [0.2, 0.25) is 0 Å². The molecule has 0 unspecified atom stereocenters. The molecule has 0 saturated carbocycles. The highest BCUT2D eigenvalue weighted by atomic mass is 32.2. The summed E-state index contributed by atoms with van der Waals surface area (Å²) >= 11 is 0. The molecule has 1 aliphatic heterocycles. The average molecular weight is 486 g/mol. The Bertz CT molecular complexity index is 1340. The number of sulfonamides is 1. The van der Waals surface area contributed by atoms with Crippen LogP contribution >= 0.6 is 0 Å². The Hall–Kier alpha value is -3.68. The number of ether oxygens (including phenoxy) is 1. The van der Waals surface area contributed by atoms with Crippen LogP contribution in [0.5, 0.6) is 11.6 Å². The molecule has 0 amide bonds. The molecular formula is C28H27N3O3S. The number of nitrogens with one attached hydrogen (secondary N) is 1. The number of aryl methyl sites for hydroxylation is 2. The van der Waals surface area contributed by atoms with Gasteiger partial charge in [0.05, 0.1) is 6.20 Å². The lowest BCUT2D eigenvalue weighted by Crippen LogP contribution is -2.28.